The molecule has 1 aromatic heterocycles. The molecule has 7 nitrogen and oxygen atoms in total. The Morgan fingerprint density at radius 1 is 1.07 bits per heavy atom. The third kappa shape index (κ3) is 5.83. The first kappa shape index (κ1) is 20.4. The van der Waals surface area contributed by atoms with E-state index in [4.69, 9.17) is 21.1 Å². The van der Waals surface area contributed by atoms with E-state index in [-0.39, 0.29) is 12.6 Å². The number of carbonyl (C=O) groups excluding carboxylic acids is 1. The minimum absolute atomic E-state index is 0.263. The van der Waals surface area contributed by atoms with E-state index >= 15 is 0 Å². The van der Waals surface area contributed by atoms with Gasteiger partial charge >= 0.3 is 6.03 Å². The average molecular weight is 413 g/mol. The van der Waals surface area contributed by atoms with Gasteiger partial charge in [-0.25, -0.2) is 4.79 Å². The first-order valence-corrected chi connectivity index (χ1v) is 9.35. The highest BCUT2D eigenvalue weighted by atomic mass is 35.5. The Bertz CT molecular complexity index is 963. The lowest BCUT2D eigenvalue weighted by atomic mass is 10.1. The normalized spacial score (nSPS) is 10.3. The highest BCUT2D eigenvalue weighted by Gasteiger charge is 2.05. The highest BCUT2D eigenvalue weighted by molar-refractivity contribution is 6.31. The minimum atomic E-state index is -0.338. The average Bonchev–Trinajstić information content (AvgIpc) is 2.74. The summed E-state index contributed by atoms with van der Waals surface area (Å²) in [5.41, 5.74) is 3.23. The number of nitrogens with one attached hydrogen (secondary N) is 2. The number of aryl methyl sites for hydroxylation is 1. The first-order chi connectivity index (χ1) is 14.0. The maximum atomic E-state index is 11.9. The summed E-state index contributed by atoms with van der Waals surface area (Å²) < 4.78 is 10.7. The maximum Gasteiger partial charge on any atom is 0.319 e. The van der Waals surface area contributed by atoms with Crippen LogP contribution < -0.4 is 20.1 Å². The molecule has 1 heterocycles. The Hall–Kier alpha value is -3.32. The van der Waals surface area contributed by atoms with Crippen molar-refractivity contribution in [1.29, 1.82) is 0 Å². The molecular weight excluding hydrogens is 392 g/mol. The van der Waals surface area contributed by atoms with Crippen molar-refractivity contribution in [3.63, 3.8) is 0 Å². The summed E-state index contributed by atoms with van der Waals surface area (Å²) in [4.78, 5) is 11.9. The van der Waals surface area contributed by atoms with E-state index in [0.29, 0.717) is 23.1 Å². The second-order valence-corrected chi connectivity index (χ2v) is 6.59. The predicted molar refractivity (Wildman–Crippen MR) is 113 cm³/mol. The molecule has 29 heavy (non-hydrogen) atoms. The Morgan fingerprint density at radius 3 is 2.52 bits per heavy atom. The van der Waals surface area contributed by atoms with Crippen molar-refractivity contribution >= 4 is 23.3 Å². The molecule has 0 bridgehead atoms. The van der Waals surface area contributed by atoms with Gasteiger partial charge in [-0.1, -0.05) is 17.7 Å². The van der Waals surface area contributed by atoms with E-state index in [1.165, 1.54) is 0 Å². The fraction of sp³-hybridized carbons (Fsp3) is 0.190. The molecule has 0 radical (unpaired) electrons. The van der Waals surface area contributed by atoms with Crippen molar-refractivity contribution in [2.24, 2.45) is 0 Å². The van der Waals surface area contributed by atoms with Gasteiger partial charge < -0.3 is 20.1 Å². The highest BCUT2D eigenvalue weighted by Crippen LogP contribution is 2.21. The Labute approximate surface area is 174 Å². The molecule has 0 fully saturated rings. The number of hydrogen-bond acceptors (Lipinski definition) is 5. The minimum Gasteiger partial charge on any atom is -0.497 e. The second-order valence-electron chi connectivity index (χ2n) is 6.18. The third-order valence-electron chi connectivity index (χ3n) is 4.09. The molecule has 0 aliphatic rings. The SMILES string of the molecule is COc1ccc(-c2ccc(OCCNC(=O)Nc3ccc(C)c(Cl)c3)nn2)cc1. The van der Waals surface area contributed by atoms with E-state index in [1.807, 2.05) is 43.3 Å². The smallest absolute Gasteiger partial charge is 0.319 e. The number of ether oxygens (including phenoxy) is 2. The molecule has 2 amide bonds. The summed E-state index contributed by atoms with van der Waals surface area (Å²) in [5, 5.41) is 14.2. The van der Waals surface area contributed by atoms with Crippen LogP contribution in [-0.2, 0) is 0 Å². The summed E-state index contributed by atoms with van der Waals surface area (Å²) in [7, 11) is 1.62. The van der Waals surface area contributed by atoms with Crippen LogP contribution in [0.5, 0.6) is 11.6 Å². The van der Waals surface area contributed by atoms with Gasteiger partial charge in [0.05, 0.1) is 19.3 Å². The molecule has 0 atom stereocenters. The van der Waals surface area contributed by atoms with E-state index in [9.17, 15) is 4.79 Å². The second kappa shape index (κ2) is 9.75. The van der Waals surface area contributed by atoms with Crippen LogP contribution in [0.4, 0.5) is 10.5 Å². The zero-order chi connectivity index (χ0) is 20.6. The van der Waals surface area contributed by atoms with Crippen LogP contribution in [0, 0.1) is 6.92 Å². The van der Waals surface area contributed by atoms with E-state index < -0.39 is 0 Å². The predicted octanol–water partition coefficient (Wildman–Crippen LogP) is 4.31. The number of methoxy groups -OCH3 is 1. The Balaban J connectivity index is 1.43. The van der Waals surface area contributed by atoms with Gasteiger partial charge in [0.1, 0.15) is 12.4 Å². The van der Waals surface area contributed by atoms with Gasteiger partial charge in [0.25, 0.3) is 0 Å². The first-order valence-electron chi connectivity index (χ1n) is 8.97. The van der Waals surface area contributed by atoms with Gasteiger partial charge in [-0.3, -0.25) is 0 Å². The topological polar surface area (TPSA) is 85.4 Å². The van der Waals surface area contributed by atoms with Crippen molar-refractivity contribution in [2.75, 3.05) is 25.6 Å². The molecule has 8 heteroatoms. The van der Waals surface area contributed by atoms with E-state index in [0.717, 1.165) is 22.6 Å². The summed E-state index contributed by atoms with van der Waals surface area (Å²) in [5.74, 6) is 1.17. The molecule has 3 aromatic rings. The molecule has 0 unspecified atom stereocenters. The number of carbonyl (C=O) groups is 1. The summed E-state index contributed by atoms with van der Waals surface area (Å²) in [6.45, 7) is 2.47. The molecule has 0 saturated carbocycles. The van der Waals surface area contributed by atoms with Crippen molar-refractivity contribution in [2.45, 2.75) is 6.92 Å². The van der Waals surface area contributed by atoms with Crippen LogP contribution in [0.25, 0.3) is 11.3 Å². The number of benzene rings is 2. The van der Waals surface area contributed by atoms with Crippen molar-refractivity contribution < 1.29 is 14.3 Å². The molecule has 2 N–H and O–H groups in total. The molecule has 0 aliphatic heterocycles. The van der Waals surface area contributed by atoms with Gasteiger partial charge in [-0.15, -0.1) is 10.2 Å². The van der Waals surface area contributed by atoms with Crippen LogP contribution in [-0.4, -0.2) is 36.5 Å². The van der Waals surface area contributed by atoms with Gasteiger partial charge in [0, 0.05) is 22.3 Å². The Kier molecular flexibility index (Phi) is 6.86. The van der Waals surface area contributed by atoms with Gasteiger partial charge in [-0.2, -0.15) is 0 Å². The number of hydrogen-bond donors (Lipinski definition) is 2. The van der Waals surface area contributed by atoms with Crippen LogP contribution in [0.15, 0.2) is 54.6 Å². The number of rotatable bonds is 7. The lowest BCUT2D eigenvalue weighted by Crippen LogP contribution is -2.32. The summed E-state index contributed by atoms with van der Waals surface area (Å²) in [6.07, 6.45) is 0. The van der Waals surface area contributed by atoms with E-state index in [1.54, 1.807) is 25.3 Å². The zero-order valence-corrected chi connectivity index (χ0v) is 16.9. The summed E-state index contributed by atoms with van der Waals surface area (Å²) in [6, 6.07) is 16.1. The molecule has 2 aromatic carbocycles. The maximum absolute atomic E-state index is 11.9. The number of aromatic nitrogens is 2. The van der Waals surface area contributed by atoms with Crippen molar-refractivity contribution in [1.82, 2.24) is 15.5 Å². The third-order valence-corrected chi connectivity index (χ3v) is 4.50. The molecular formula is C21H21ClN4O3. The Morgan fingerprint density at radius 2 is 1.86 bits per heavy atom. The van der Waals surface area contributed by atoms with Crippen LogP contribution in [0.1, 0.15) is 5.56 Å². The number of amides is 2. The van der Waals surface area contributed by atoms with Crippen molar-refractivity contribution in [3.8, 4) is 22.9 Å². The van der Waals surface area contributed by atoms with Crippen LogP contribution in [0.3, 0.4) is 0 Å². The lowest BCUT2D eigenvalue weighted by Gasteiger charge is -2.09. The molecule has 0 saturated heterocycles. The zero-order valence-electron chi connectivity index (χ0n) is 16.1. The fourth-order valence-corrected chi connectivity index (χ4v) is 2.66. The molecule has 150 valence electrons. The van der Waals surface area contributed by atoms with Crippen molar-refractivity contribution in [3.05, 3.63) is 65.2 Å². The molecule has 0 aliphatic carbocycles. The number of urea groups is 1. The van der Waals surface area contributed by atoms with Crippen LogP contribution >= 0.6 is 11.6 Å². The fourth-order valence-electron chi connectivity index (χ4n) is 2.48. The lowest BCUT2D eigenvalue weighted by molar-refractivity contribution is 0.246. The quantitative estimate of drug-likeness (QED) is 0.564. The number of nitrogens with zero attached hydrogens (tertiary/aromatic N) is 2. The summed E-state index contributed by atoms with van der Waals surface area (Å²) >= 11 is 6.05. The van der Waals surface area contributed by atoms with Gasteiger partial charge in [0.15, 0.2) is 0 Å². The van der Waals surface area contributed by atoms with E-state index in [2.05, 4.69) is 20.8 Å². The number of anilines is 1. The molecule has 0 spiro atoms. The standard InChI is InChI=1S/C21H21ClN4O3/c1-14-3-6-16(13-18(14)22)24-21(27)23-11-12-29-20-10-9-19(25-26-20)15-4-7-17(28-2)8-5-15/h3-10,13H,11-12H2,1-2H3,(H2,23,24,27). The van der Waals surface area contributed by atoms with Gasteiger partial charge in [0.2, 0.25) is 5.88 Å². The monoisotopic (exact) mass is 412 g/mol. The molecule has 3 rings (SSSR count). The van der Waals surface area contributed by atoms with Gasteiger partial charge in [-0.05, 0) is 55.0 Å². The largest absolute Gasteiger partial charge is 0.497 e. The number of halogens is 1. The van der Waals surface area contributed by atoms with Crippen LogP contribution in [0.2, 0.25) is 5.02 Å².